The van der Waals surface area contributed by atoms with Gasteiger partial charge in [-0.2, -0.15) is 13.2 Å². The van der Waals surface area contributed by atoms with Crippen LogP contribution in [0.1, 0.15) is 0 Å². The van der Waals surface area contributed by atoms with Gasteiger partial charge in [0.1, 0.15) is 0 Å². The molecule has 0 aromatic heterocycles. The summed E-state index contributed by atoms with van der Waals surface area (Å²) in [5.41, 5.74) is -5.21. The average Bonchev–Trinajstić information content (AvgIpc) is 1.81. The van der Waals surface area contributed by atoms with Crippen molar-refractivity contribution in [1.82, 2.24) is 4.90 Å². The summed E-state index contributed by atoms with van der Waals surface area (Å²) in [4.78, 5) is 1.20. The van der Waals surface area contributed by atoms with E-state index in [4.69, 9.17) is 0 Å². The summed E-state index contributed by atoms with van der Waals surface area (Å²) in [6.07, 6.45) is 0.822. The average molecular weight is 203 g/mol. The molecule has 3 nitrogen and oxygen atoms in total. The Morgan fingerprint density at radius 3 is 1.92 bits per heavy atom. The third kappa shape index (κ3) is 3.12. The molecule has 0 saturated heterocycles. The predicted molar refractivity (Wildman–Crippen MR) is 37.8 cm³/mol. The first kappa shape index (κ1) is 11.3. The van der Waals surface area contributed by atoms with Gasteiger partial charge in [-0.3, -0.25) is 0 Å². The lowest BCUT2D eigenvalue weighted by atomic mass is 10.9. The summed E-state index contributed by atoms with van der Waals surface area (Å²) in [6.45, 7) is 0. The van der Waals surface area contributed by atoms with Gasteiger partial charge >= 0.3 is 5.51 Å². The molecule has 0 N–H and O–H groups in total. The quantitative estimate of drug-likeness (QED) is 0.670. The molecular formula is C5H8F3NO2S. The Kier molecular flexibility index (Phi) is 3.14. The minimum Gasteiger partial charge on any atom is -0.383 e. The molecule has 72 valence electrons. The maximum Gasteiger partial charge on any atom is 0.501 e. The largest absolute Gasteiger partial charge is 0.501 e. The van der Waals surface area contributed by atoms with Crippen LogP contribution >= 0.6 is 0 Å². The number of halogens is 3. The van der Waals surface area contributed by atoms with Crippen LogP contribution < -0.4 is 0 Å². The molecule has 0 aromatic carbocycles. The summed E-state index contributed by atoms with van der Waals surface area (Å²) >= 11 is 0. The molecule has 0 radical (unpaired) electrons. The lowest BCUT2D eigenvalue weighted by Gasteiger charge is -2.05. The van der Waals surface area contributed by atoms with E-state index < -0.39 is 15.3 Å². The highest BCUT2D eigenvalue weighted by atomic mass is 32.2. The summed E-state index contributed by atoms with van der Waals surface area (Å²) < 4.78 is 55.5. The monoisotopic (exact) mass is 203 g/mol. The van der Waals surface area contributed by atoms with Crippen LogP contribution in [0.4, 0.5) is 13.2 Å². The minimum absolute atomic E-state index is 0.118. The van der Waals surface area contributed by atoms with Gasteiger partial charge in [0.2, 0.25) is 0 Å². The molecule has 0 spiro atoms. The SMILES string of the molecule is CN(C)C=CS(=O)(=O)C(F)(F)F. The predicted octanol–water partition coefficient (Wildman–Crippen LogP) is 0.954. The zero-order valence-electron chi connectivity index (χ0n) is 6.46. The molecule has 7 heteroatoms. The fraction of sp³-hybridized carbons (Fsp3) is 0.600. The number of nitrogens with zero attached hydrogens (tertiary/aromatic N) is 1. The Morgan fingerprint density at radius 1 is 1.25 bits per heavy atom. The van der Waals surface area contributed by atoms with Crippen molar-refractivity contribution >= 4 is 9.84 Å². The van der Waals surface area contributed by atoms with Crippen molar-refractivity contribution in [1.29, 1.82) is 0 Å². The van der Waals surface area contributed by atoms with Crippen LogP contribution in [0.5, 0.6) is 0 Å². The Morgan fingerprint density at radius 2 is 1.67 bits per heavy atom. The minimum atomic E-state index is -5.21. The topological polar surface area (TPSA) is 37.4 Å². The first-order chi connectivity index (χ1) is 5.17. The van der Waals surface area contributed by atoms with Gasteiger partial charge in [-0.05, 0) is 0 Å². The van der Waals surface area contributed by atoms with Crippen molar-refractivity contribution in [2.24, 2.45) is 0 Å². The van der Waals surface area contributed by atoms with E-state index in [1.807, 2.05) is 0 Å². The fourth-order valence-corrected chi connectivity index (χ4v) is 0.837. The van der Waals surface area contributed by atoms with Gasteiger partial charge in [-0.1, -0.05) is 0 Å². The molecule has 0 aliphatic carbocycles. The lowest BCUT2D eigenvalue weighted by molar-refractivity contribution is -0.0423. The van der Waals surface area contributed by atoms with Gasteiger partial charge in [0.05, 0.1) is 5.41 Å². The molecule has 0 bridgehead atoms. The first-order valence-electron chi connectivity index (χ1n) is 2.83. The summed E-state index contributed by atoms with van der Waals surface area (Å²) in [5, 5.41) is 0.118. The molecule has 12 heavy (non-hydrogen) atoms. The van der Waals surface area contributed by atoms with Crippen LogP contribution in [-0.4, -0.2) is 32.9 Å². The summed E-state index contributed by atoms with van der Waals surface area (Å²) in [6, 6.07) is 0. The molecule has 0 saturated carbocycles. The van der Waals surface area contributed by atoms with E-state index in [0.717, 1.165) is 6.20 Å². The Bertz CT molecular complexity index is 265. The maximum atomic E-state index is 11.6. The standard InChI is InChI=1S/C5H8F3NO2S/c1-9(2)3-4-12(10,11)5(6,7)8/h3-4H,1-2H3. The summed E-state index contributed by atoms with van der Waals surface area (Å²) in [5.74, 6) is 0. The van der Waals surface area contributed by atoms with Crippen LogP contribution in [0, 0.1) is 0 Å². The Labute approximate surface area is 68.4 Å². The number of alkyl halides is 3. The van der Waals surface area contributed by atoms with Crippen LogP contribution in [0.3, 0.4) is 0 Å². The van der Waals surface area contributed by atoms with Crippen molar-refractivity contribution in [3.05, 3.63) is 11.6 Å². The molecule has 0 amide bonds. The third-order valence-electron chi connectivity index (χ3n) is 0.861. The normalized spacial score (nSPS) is 13.8. The highest BCUT2D eigenvalue weighted by Crippen LogP contribution is 2.24. The van der Waals surface area contributed by atoms with Crippen molar-refractivity contribution in [2.45, 2.75) is 5.51 Å². The van der Waals surface area contributed by atoms with Crippen molar-refractivity contribution < 1.29 is 21.6 Å². The number of hydrogen-bond donors (Lipinski definition) is 0. The van der Waals surface area contributed by atoms with Crippen molar-refractivity contribution in [3.8, 4) is 0 Å². The highest BCUT2D eigenvalue weighted by molar-refractivity contribution is 7.95. The number of hydrogen-bond acceptors (Lipinski definition) is 3. The molecule has 0 unspecified atom stereocenters. The molecule has 0 aliphatic rings. The van der Waals surface area contributed by atoms with Crippen LogP contribution in [-0.2, 0) is 9.84 Å². The van der Waals surface area contributed by atoms with E-state index in [1.54, 1.807) is 0 Å². The van der Waals surface area contributed by atoms with E-state index in [0.29, 0.717) is 0 Å². The van der Waals surface area contributed by atoms with Crippen molar-refractivity contribution in [3.63, 3.8) is 0 Å². The number of rotatable bonds is 2. The Balaban J connectivity index is 4.69. The smallest absolute Gasteiger partial charge is 0.383 e. The second kappa shape index (κ2) is 3.34. The van der Waals surface area contributed by atoms with Crippen LogP contribution in [0.25, 0.3) is 0 Å². The summed E-state index contributed by atoms with van der Waals surface area (Å²) in [7, 11) is -2.28. The molecule has 0 atom stereocenters. The van der Waals surface area contributed by atoms with Gasteiger partial charge in [0.15, 0.2) is 0 Å². The van der Waals surface area contributed by atoms with Crippen LogP contribution in [0.2, 0.25) is 0 Å². The van der Waals surface area contributed by atoms with E-state index in [-0.39, 0.29) is 5.41 Å². The molecule has 0 heterocycles. The molecular weight excluding hydrogens is 195 g/mol. The zero-order valence-corrected chi connectivity index (χ0v) is 7.28. The van der Waals surface area contributed by atoms with E-state index in [2.05, 4.69) is 0 Å². The molecule has 0 aromatic rings. The first-order valence-corrected chi connectivity index (χ1v) is 4.37. The third-order valence-corrected chi connectivity index (χ3v) is 1.99. The van der Waals surface area contributed by atoms with E-state index >= 15 is 0 Å². The van der Waals surface area contributed by atoms with Crippen molar-refractivity contribution in [2.75, 3.05) is 14.1 Å². The Hall–Kier alpha value is -0.720. The van der Waals surface area contributed by atoms with Gasteiger partial charge < -0.3 is 4.90 Å². The van der Waals surface area contributed by atoms with Crippen LogP contribution in [0.15, 0.2) is 11.6 Å². The van der Waals surface area contributed by atoms with Gasteiger partial charge in [-0.25, -0.2) is 8.42 Å². The van der Waals surface area contributed by atoms with Gasteiger partial charge in [0, 0.05) is 20.3 Å². The lowest BCUT2D eigenvalue weighted by Crippen LogP contribution is -2.21. The zero-order chi connectivity index (χ0) is 9.99. The number of sulfone groups is 1. The van der Waals surface area contributed by atoms with Gasteiger partial charge in [-0.15, -0.1) is 0 Å². The second-order valence-electron chi connectivity index (χ2n) is 2.24. The van der Waals surface area contributed by atoms with Gasteiger partial charge in [0.25, 0.3) is 9.84 Å². The highest BCUT2D eigenvalue weighted by Gasteiger charge is 2.43. The molecule has 0 fully saturated rings. The molecule has 0 rings (SSSR count). The molecule has 0 aliphatic heterocycles. The maximum absolute atomic E-state index is 11.6. The van der Waals surface area contributed by atoms with E-state index in [1.165, 1.54) is 19.0 Å². The van der Waals surface area contributed by atoms with E-state index in [9.17, 15) is 21.6 Å². The fourth-order valence-electron chi connectivity index (χ4n) is 0.279. The second-order valence-corrected chi connectivity index (χ2v) is 4.06.